The molecule has 1 saturated heterocycles. The van der Waals surface area contributed by atoms with Crippen LogP contribution in [0.1, 0.15) is 20.8 Å². The summed E-state index contributed by atoms with van der Waals surface area (Å²) in [7, 11) is 1.36. The van der Waals surface area contributed by atoms with Gasteiger partial charge in [-0.3, -0.25) is 4.79 Å². The van der Waals surface area contributed by atoms with Crippen LogP contribution in [0.15, 0.2) is 0 Å². The quantitative estimate of drug-likeness (QED) is 0.605. The first-order valence-electron chi connectivity index (χ1n) is 5.23. The number of carbonyl (C=O) groups is 2. The lowest BCUT2D eigenvalue weighted by Gasteiger charge is -2.33. The molecule has 0 spiro atoms. The molecule has 1 heterocycles. The number of methoxy groups -OCH3 is 1. The van der Waals surface area contributed by atoms with Crippen LogP contribution in [0, 0.1) is 0 Å². The van der Waals surface area contributed by atoms with Crippen LogP contribution in [-0.4, -0.2) is 55.1 Å². The molecular weight excluding hydrogens is 196 g/mol. The van der Waals surface area contributed by atoms with Crippen molar-refractivity contribution in [1.82, 2.24) is 9.80 Å². The molecule has 1 rings (SSSR count). The molecule has 0 aromatic heterocycles. The monoisotopic (exact) mass is 216 g/mol. The van der Waals surface area contributed by atoms with Crippen LogP contribution in [0.4, 0.5) is 4.79 Å². The van der Waals surface area contributed by atoms with E-state index in [1.54, 1.807) is 9.80 Å². The summed E-state index contributed by atoms with van der Waals surface area (Å²) in [5.74, 6) is 0.0597. The molecule has 1 aliphatic rings. The Morgan fingerprint density at radius 1 is 1.00 bits per heavy atom. The first-order chi connectivity index (χ1) is 7.15. The van der Waals surface area contributed by atoms with Gasteiger partial charge in [-0.2, -0.15) is 0 Å². The molecule has 5 heteroatoms. The minimum atomic E-state index is -0.316. The molecule has 0 aromatic rings. The normalized spacial score (nSPS) is 15.2. The number of rotatable bonds is 0. The number of piperazine rings is 1. The van der Waals surface area contributed by atoms with Crippen molar-refractivity contribution in [1.29, 1.82) is 0 Å². The molecular formula is C10H20N2O3. The van der Waals surface area contributed by atoms with Gasteiger partial charge in [0, 0.05) is 33.1 Å². The number of hydrogen-bond donors (Lipinski definition) is 0. The maximum Gasteiger partial charge on any atom is 0.409 e. The minimum Gasteiger partial charge on any atom is -0.453 e. The van der Waals surface area contributed by atoms with Gasteiger partial charge in [0.15, 0.2) is 0 Å². The van der Waals surface area contributed by atoms with Gasteiger partial charge < -0.3 is 14.5 Å². The zero-order valence-corrected chi connectivity index (χ0v) is 9.95. The highest BCUT2D eigenvalue weighted by Crippen LogP contribution is 2.02. The van der Waals surface area contributed by atoms with E-state index in [0.29, 0.717) is 26.2 Å². The summed E-state index contributed by atoms with van der Waals surface area (Å²) in [5, 5.41) is 0. The van der Waals surface area contributed by atoms with E-state index >= 15 is 0 Å². The van der Waals surface area contributed by atoms with Crippen LogP contribution < -0.4 is 0 Å². The van der Waals surface area contributed by atoms with Crippen molar-refractivity contribution in [2.75, 3.05) is 33.3 Å². The van der Waals surface area contributed by atoms with Crippen molar-refractivity contribution >= 4 is 12.0 Å². The second-order valence-corrected chi connectivity index (χ2v) is 2.96. The Morgan fingerprint density at radius 2 is 1.40 bits per heavy atom. The molecule has 5 nitrogen and oxygen atoms in total. The third kappa shape index (κ3) is 4.18. The van der Waals surface area contributed by atoms with Gasteiger partial charge in [0.05, 0.1) is 7.11 Å². The number of amides is 2. The Kier molecular flexibility index (Phi) is 6.49. The van der Waals surface area contributed by atoms with Crippen LogP contribution in [-0.2, 0) is 9.53 Å². The Labute approximate surface area is 91.0 Å². The zero-order chi connectivity index (χ0) is 11.8. The molecule has 0 aromatic carbocycles. The van der Waals surface area contributed by atoms with E-state index in [1.165, 1.54) is 14.0 Å². The molecule has 0 saturated carbocycles. The molecule has 15 heavy (non-hydrogen) atoms. The summed E-state index contributed by atoms with van der Waals surface area (Å²) in [6, 6.07) is 0. The fourth-order valence-corrected chi connectivity index (χ4v) is 1.33. The first-order valence-corrected chi connectivity index (χ1v) is 5.23. The Balaban J connectivity index is 0.000000921. The van der Waals surface area contributed by atoms with Gasteiger partial charge in [-0.25, -0.2) is 4.79 Å². The molecule has 0 radical (unpaired) electrons. The predicted molar refractivity (Wildman–Crippen MR) is 57.6 cm³/mol. The Bertz CT molecular complexity index is 211. The third-order valence-electron chi connectivity index (χ3n) is 2.16. The molecule has 1 aliphatic heterocycles. The second-order valence-electron chi connectivity index (χ2n) is 2.96. The van der Waals surface area contributed by atoms with Gasteiger partial charge in [-0.05, 0) is 0 Å². The van der Waals surface area contributed by atoms with E-state index in [9.17, 15) is 9.59 Å². The highest BCUT2D eigenvalue weighted by Gasteiger charge is 2.22. The summed E-state index contributed by atoms with van der Waals surface area (Å²) >= 11 is 0. The molecule has 0 unspecified atom stereocenters. The van der Waals surface area contributed by atoms with Gasteiger partial charge in [-0.1, -0.05) is 13.8 Å². The van der Waals surface area contributed by atoms with Crippen molar-refractivity contribution in [2.45, 2.75) is 20.8 Å². The molecule has 0 bridgehead atoms. The van der Waals surface area contributed by atoms with Crippen LogP contribution in [0.25, 0.3) is 0 Å². The number of carbonyl (C=O) groups excluding carboxylic acids is 2. The maximum atomic E-state index is 11.0. The molecule has 0 aliphatic carbocycles. The summed E-state index contributed by atoms with van der Waals surface area (Å²) in [6.07, 6.45) is -0.316. The average Bonchev–Trinajstić information content (AvgIpc) is 2.31. The summed E-state index contributed by atoms with van der Waals surface area (Å²) < 4.78 is 4.57. The van der Waals surface area contributed by atoms with E-state index in [2.05, 4.69) is 4.74 Å². The van der Waals surface area contributed by atoms with Crippen molar-refractivity contribution in [3.05, 3.63) is 0 Å². The van der Waals surface area contributed by atoms with Crippen LogP contribution in [0.3, 0.4) is 0 Å². The molecule has 2 amide bonds. The number of hydrogen-bond acceptors (Lipinski definition) is 3. The maximum absolute atomic E-state index is 11.0. The molecule has 1 fully saturated rings. The number of ether oxygens (including phenoxy) is 1. The number of nitrogens with zero attached hydrogens (tertiary/aromatic N) is 2. The van der Waals surface area contributed by atoms with Crippen molar-refractivity contribution < 1.29 is 14.3 Å². The van der Waals surface area contributed by atoms with Crippen LogP contribution in [0.2, 0.25) is 0 Å². The van der Waals surface area contributed by atoms with Gasteiger partial charge in [0.1, 0.15) is 0 Å². The smallest absolute Gasteiger partial charge is 0.409 e. The second kappa shape index (κ2) is 7.09. The fraction of sp³-hybridized carbons (Fsp3) is 0.800. The molecule has 0 N–H and O–H groups in total. The lowest BCUT2D eigenvalue weighted by molar-refractivity contribution is -0.130. The average molecular weight is 216 g/mol. The minimum absolute atomic E-state index is 0.0597. The summed E-state index contributed by atoms with van der Waals surface area (Å²) in [5.41, 5.74) is 0. The van der Waals surface area contributed by atoms with Gasteiger partial charge in [-0.15, -0.1) is 0 Å². The fourth-order valence-electron chi connectivity index (χ4n) is 1.33. The lowest BCUT2D eigenvalue weighted by atomic mass is 10.3. The van der Waals surface area contributed by atoms with Crippen molar-refractivity contribution in [3.8, 4) is 0 Å². The van der Waals surface area contributed by atoms with E-state index in [4.69, 9.17) is 0 Å². The Morgan fingerprint density at radius 3 is 1.73 bits per heavy atom. The van der Waals surface area contributed by atoms with E-state index in [0.717, 1.165) is 0 Å². The van der Waals surface area contributed by atoms with Crippen LogP contribution in [0.5, 0.6) is 0 Å². The lowest BCUT2D eigenvalue weighted by Crippen LogP contribution is -2.50. The van der Waals surface area contributed by atoms with Crippen molar-refractivity contribution in [2.24, 2.45) is 0 Å². The predicted octanol–water partition coefficient (Wildman–Crippen LogP) is 0.943. The van der Waals surface area contributed by atoms with Gasteiger partial charge >= 0.3 is 6.09 Å². The molecule has 88 valence electrons. The van der Waals surface area contributed by atoms with E-state index in [-0.39, 0.29) is 12.0 Å². The Hall–Kier alpha value is -1.26. The van der Waals surface area contributed by atoms with E-state index < -0.39 is 0 Å². The largest absolute Gasteiger partial charge is 0.453 e. The highest BCUT2D eigenvalue weighted by atomic mass is 16.5. The van der Waals surface area contributed by atoms with Crippen LogP contribution >= 0.6 is 0 Å². The topological polar surface area (TPSA) is 49.9 Å². The summed E-state index contributed by atoms with van der Waals surface area (Å²) in [6.45, 7) is 7.86. The first kappa shape index (κ1) is 13.7. The third-order valence-corrected chi connectivity index (χ3v) is 2.16. The molecule has 0 atom stereocenters. The standard InChI is InChI=1S/C8H14N2O3.C2H6/c1-7(11)9-3-5-10(6-4-9)8(12)13-2;1-2/h3-6H2,1-2H3;1-2H3. The zero-order valence-electron chi connectivity index (χ0n) is 9.95. The van der Waals surface area contributed by atoms with Gasteiger partial charge in [0.25, 0.3) is 0 Å². The SMILES string of the molecule is CC.COC(=O)N1CCN(C(C)=O)CC1. The highest BCUT2D eigenvalue weighted by molar-refractivity contribution is 5.74. The van der Waals surface area contributed by atoms with Crippen molar-refractivity contribution in [3.63, 3.8) is 0 Å². The van der Waals surface area contributed by atoms with Gasteiger partial charge in [0.2, 0.25) is 5.91 Å². The van der Waals surface area contributed by atoms with E-state index in [1.807, 2.05) is 13.8 Å². The summed E-state index contributed by atoms with van der Waals surface area (Å²) in [4.78, 5) is 25.3.